The van der Waals surface area contributed by atoms with E-state index in [1.165, 1.54) is 49.7 Å². The van der Waals surface area contributed by atoms with Gasteiger partial charge in [-0.25, -0.2) is 0 Å². The van der Waals surface area contributed by atoms with Gasteiger partial charge < -0.3 is 9.32 Å². The highest BCUT2D eigenvalue weighted by Crippen LogP contribution is 2.54. The van der Waals surface area contributed by atoms with Crippen LogP contribution in [0.15, 0.2) is 186 Å². The van der Waals surface area contributed by atoms with Crippen molar-refractivity contribution in [2.24, 2.45) is 0 Å². The Labute approximate surface area is 291 Å². The van der Waals surface area contributed by atoms with Crippen molar-refractivity contribution in [3.05, 3.63) is 199 Å². The van der Waals surface area contributed by atoms with Crippen LogP contribution in [-0.4, -0.2) is 0 Å². The van der Waals surface area contributed by atoms with Gasteiger partial charge in [0.25, 0.3) is 0 Å². The van der Waals surface area contributed by atoms with Crippen molar-refractivity contribution >= 4 is 49.8 Å². The number of hydrogen-bond donors (Lipinski definition) is 0. The molecule has 50 heavy (non-hydrogen) atoms. The highest BCUT2D eigenvalue weighted by atomic mass is 16.3. The third kappa shape index (κ3) is 4.15. The minimum atomic E-state index is -0.372. The first-order valence-corrected chi connectivity index (χ1v) is 17.3. The van der Waals surface area contributed by atoms with Gasteiger partial charge in [-0.3, -0.25) is 0 Å². The standard InChI is InChI=1S/C48H33NO/c1-48(41-23-9-7-19-37(41)38-20-8-10-24-42(38)48)43-25-12-21-39-40-22-13-27-45(47(40)50-46(39)43)49(44-26-11-17-34-16-5-6-18-36(34)44)35-30-28-33(29-31-35)32-14-3-2-4-15-32/h2-31H,1H3. The first-order valence-electron chi connectivity index (χ1n) is 17.3. The largest absolute Gasteiger partial charge is 0.454 e. The van der Waals surface area contributed by atoms with E-state index in [4.69, 9.17) is 4.42 Å². The molecular weight excluding hydrogens is 607 g/mol. The summed E-state index contributed by atoms with van der Waals surface area (Å²) in [6.07, 6.45) is 0. The maximum absolute atomic E-state index is 7.21. The molecule has 2 heteroatoms. The molecule has 0 unspecified atom stereocenters. The van der Waals surface area contributed by atoms with Crippen molar-refractivity contribution in [1.82, 2.24) is 0 Å². The maximum Gasteiger partial charge on any atom is 0.159 e. The molecule has 2 nitrogen and oxygen atoms in total. The number of anilines is 3. The molecule has 1 heterocycles. The van der Waals surface area contributed by atoms with E-state index in [1.54, 1.807) is 0 Å². The van der Waals surface area contributed by atoms with Crippen LogP contribution in [0.2, 0.25) is 0 Å². The van der Waals surface area contributed by atoms with Crippen LogP contribution in [0, 0.1) is 0 Å². The normalized spacial score (nSPS) is 13.1. The van der Waals surface area contributed by atoms with E-state index < -0.39 is 0 Å². The van der Waals surface area contributed by atoms with E-state index in [0.29, 0.717) is 0 Å². The number of fused-ring (bicyclic) bond motifs is 7. The fourth-order valence-corrected chi connectivity index (χ4v) is 8.36. The van der Waals surface area contributed by atoms with Crippen LogP contribution in [0.5, 0.6) is 0 Å². The fraction of sp³-hybridized carbons (Fsp3) is 0.0417. The number of benzene rings is 8. The Morgan fingerprint density at radius 3 is 1.68 bits per heavy atom. The van der Waals surface area contributed by atoms with Gasteiger partial charge in [0.1, 0.15) is 5.58 Å². The molecule has 0 N–H and O–H groups in total. The number of hydrogen-bond acceptors (Lipinski definition) is 2. The van der Waals surface area contributed by atoms with E-state index in [9.17, 15) is 0 Å². The van der Waals surface area contributed by atoms with Gasteiger partial charge in [0.15, 0.2) is 5.58 Å². The second-order valence-electron chi connectivity index (χ2n) is 13.4. The Balaban J connectivity index is 1.22. The average Bonchev–Trinajstić information content (AvgIpc) is 3.70. The molecule has 0 radical (unpaired) electrons. The van der Waals surface area contributed by atoms with Crippen molar-refractivity contribution in [2.75, 3.05) is 4.90 Å². The van der Waals surface area contributed by atoms with Gasteiger partial charge in [-0.15, -0.1) is 0 Å². The van der Waals surface area contributed by atoms with Crippen LogP contribution in [0.1, 0.15) is 23.6 Å². The molecule has 236 valence electrons. The minimum absolute atomic E-state index is 0.372. The van der Waals surface area contributed by atoms with E-state index >= 15 is 0 Å². The second-order valence-corrected chi connectivity index (χ2v) is 13.4. The SMILES string of the molecule is CC1(c2cccc3c2oc2c(N(c4ccc(-c5ccccc5)cc4)c4cccc5ccccc45)cccc23)c2ccccc2-c2ccccc21. The summed E-state index contributed by atoms with van der Waals surface area (Å²) in [5.74, 6) is 0. The van der Waals surface area contributed by atoms with Gasteiger partial charge >= 0.3 is 0 Å². The summed E-state index contributed by atoms with van der Waals surface area (Å²) in [5, 5.41) is 4.61. The molecule has 1 aliphatic rings. The number of rotatable bonds is 5. The van der Waals surface area contributed by atoms with Crippen LogP contribution < -0.4 is 4.90 Å². The molecule has 0 aliphatic heterocycles. The lowest BCUT2D eigenvalue weighted by Gasteiger charge is -2.28. The van der Waals surface area contributed by atoms with Crippen molar-refractivity contribution in [3.8, 4) is 22.3 Å². The van der Waals surface area contributed by atoms with Crippen LogP contribution in [0.4, 0.5) is 17.1 Å². The highest BCUT2D eigenvalue weighted by Gasteiger charge is 2.42. The van der Waals surface area contributed by atoms with Crippen molar-refractivity contribution < 1.29 is 4.42 Å². The zero-order valence-corrected chi connectivity index (χ0v) is 27.7. The van der Waals surface area contributed by atoms with Gasteiger partial charge in [-0.05, 0) is 70.0 Å². The average molecular weight is 640 g/mol. The third-order valence-electron chi connectivity index (χ3n) is 10.7. The lowest BCUT2D eigenvalue weighted by molar-refractivity contribution is 0.638. The summed E-state index contributed by atoms with van der Waals surface area (Å²) in [5.41, 5.74) is 13.4. The van der Waals surface area contributed by atoms with Crippen LogP contribution >= 0.6 is 0 Å². The van der Waals surface area contributed by atoms with E-state index in [2.05, 4.69) is 194 Å². The summed E-state index contributed by atoms with van der Waals surface area (Å²) in [4.78, 5) is 2.36. The molecule has 0 saturated heterocycles. The van der Waals surface area contributed by atoms with Gasteiger partial charge in [0.05, 0.1) is 11.4 Å². The molecular formula is C48H33NO. The Bertz CT molecular complexity index is 2670. The van der Waals surface area contributed by atoms with Gasteiger partial charge in [-0.2, -0.15) is 0 Å². The van der Waals surface area contributed by atoms with Crippen molar-refractivity contribution in [3.63, 3.8) is 0 Å². The zero-order chi connectivity index (χ0) is 33.2. The topological polar surface area (TPSA) is 16.4 Å². The first-order chi connectivity index (χ1) is 24.7. The fourth-order valence-electron chi connectivity index (χ4n) is 8.36. The quantitative estimate of drug-likeness (QED) is 0.186. The smallest absolute Gasteiger partial charge is 0.159 e. The molecule has 1 aromatic heterocycles. The molecule has 9 aromatic rings. The van der Waals surface area contributed by atoms with Crippen LogP contribution in [0.25, 0.3) is 55.0 Å². The summed E-state index contributed by atoms with van der Waals surface area (Å²) in [6, 6.07) is 65.5. The number of para-hydroxylation sites is 2. The summed E-state index contributed by atoms with van der Waals surface area (Å²) < 4.78 is 7.21. The number of furan rings is 1. The van der Waals surface area contributed by atoms with E-state index in [0.717, 1.165) is 39.0 Å². The predicted octanol–water partition coefficient (Wildman–Crippen LogP) is 13.2. The van der Waals surface area contributed by atoms with E-state index in [1.807, 2.05) is 0 Å². The molecule has 0 spiro atoms. The lowest BCUT2D eigenvalue weighted by atomic mass is 9.74. The molecule has 8 aromatic carbocycles. The van der Waals surface area contributed by atoms with E-state index in [-0.39, 0.29) is 5.41 Å². The Kier molecular flexibility index (Phi) is 6.34. The van der Waals surface area contributed by atoms with Crippen molar-refractivity contribution in [2.45, 2.75) is 12.3 Å². The molecule has 0 amide bonds. The van der Waals surface area contributed by atoms with Gasteiger partial charge in [-0.1, -0.05) is 158 Å². The molecule has 10 rings (SSSR count). The minimum Gasteiger partial charge on any atom is -0.454 e. The highest BCUT2D eigenvalue weighted by molar-refractivity contribution is 6.12. The molecule has 0 bridgehead atoms. The third-order valence-corrected chi connectivity index (χ3v) is 10.7. The Hall–Kier alpha value is -6.38. The number of nitrogens with zero attached hydrogens (tertiary/aromatic N) is 1. The molecule has 1 aliphatic carbocycles. The predicted molar refractivity (Wildman–Crippen MR) is 209 cm³/mol. The summed E-state index contributed by atoms with van der Waals surface area (Å²) in [6.45, 7) is 2.36. The monoisotopic (exact) mass is 639 g/mol. The molecule has 0 fully saturated rings. The summed E-state index contributed by atoms with van der Waals surface area (Å²) in [7, 11) is 0. The van der Waals surface area contributed by atoms with Crippen LogP contribution in [0.3, 0.4) is 0 Å². The van der Waals surface area contributed by atoms with Gasteiger partial charge in [0, 0.05) is 32.8 Å². The molecule has 0 saturated carbocycles. The second kappa shape index (κ2) is 11.1. The maximum atomic E-state index is 7.21. The van der Waals surface area contributed by atoms with Gasteiger partial charge in [0.2, 0.25) is 0 Å². The Morgan fingerprint density at radius 2 is 0.920 bits per heavy atom. The zero-order valence-electron chi connectivity index (χ0n) is 27.7. The van der Waals surface area contributed by atoms with Crippen molar-refractivity contribution in [1.29, 1.82) is 0 Å². The lowest BCUT2D eigenvalue weighted by Crippen LogP contribution is -2.22. The molecule has 0 atom stereocenters. The van der Waals surface area contributed by atoms with Crippen LogP contribution in [-0.2, 0) is 5.41 Å². The Morgan fingerprint density at radius 1 is 0.400 bits per heavy atom. The first kappa shape index (κ1) is 28.6. The summed E-state index contributed by atoms with van der Waals surface area (Å²) >= 11 is 0.